The van der Waals surface area contributed by atoms with Gasteiger partial charge in [0, 0.05) is 16.8 Å². The first kappa shape index (κ1) is 28.5. The van der Waals surface area contributed by atoms with Crippen LogP contribution in [0, 0.1) is 10.7 Å². The maximum Gasteiger partial charge on any atom is 0.271 e. The summed E-state index contributed by atoms with van der Waals surface area (Å²) in [5.74, 6) is -1.02. The molecule has 2 fully saturated rings. The van der Waals surface area contributed by atoms with Crippen LogP contribution in [-0.4, -0.2) is 81.4 Å². The van der Waals surface area contributed by atoms with Crippen molar-refractivity contribution in [2.75, 3.05) is 45.4 Å². The molecule has 0 aromatic heterocycles. The lowest BCUT2D eigenvalue weighted by Crippen LogP contribution is -2.59. The third-order valence-electron chi connectivity index (χ3n) is 5.14. The van der Waals surface area contributed by atoms with Gasteiger partial charge in [-0.3, -0.25) is 9.59 Å². The molecule has 0 atom stereocenters. The van der Waals surface area contributed by atoms with E-state index in [0.717, 1.165) is 0 Å². The van der Waals surface area contributed by atoms with Gasteiger partial charge in [0.15, 0.2) is 0 Å². The highest BCUT2D eigenvalue weighted by molar-refractivity contribution is 14.1. The van der Waals surface area contributed by atoms with Crippen LogP contribution in [-0.2, 0) is 28.4 Å². The van der Waals surface area contributed by atoms with E-state index in [4.69, 9.17) is 39.9 Å². The van der Waals surface area contributed by atoms with Crippen molar-refractivity contribution in [1.82, 2.24) is 4.90 Å². The van der Waals surface area contributed by atoms with Gasteiger partial charge in [-0.05, 0) is 81.6 Å². The highest BCUT2D eigenvalue weighted by Crippen LogP contribution is 2.35. The third-order valence-corrected chi connectivity index (χ3v) is 8.46. The Morgan fingerprint density at radius 1 is 0.853 bits per heavy atom. The van der Waals surface area contributed by atoms with Crippen LogP contribution in [0.2, 0.25) is 0 Å². The predicted octanol–water partition coefficient (Wildman–Crippen LogP) is 2.09. The van der Waals surface area contributed by atoms with Crippen molar-refractivity contribution in [2.24, 2.45) is 5.73 Å². The SMILES string of the molecule is CCOC1OCC(N(C(=O)c2c(I)c(N)c(I)c(C(N)=O)c2I)C2COC(OCC)OC2)CO1. The second kappa shape index (κ2) is 12.9. The summed E-state index contributed by atoms with van der Waals surface area (Å²) in [6.45, 7) is 3.64. The van der Waals surface area contributed by atoms with Crippen LogP contribution in [0.5, 0.6) is 0 Å². The quantitative estimate of drug-likeness (QED) is 0.298. The molecular weight excluding hydrogens is 791 g/mol. The van der Waals surface area contributed by atoms with Crippen molar-refractivity contribution in [3.05, 3.63) is 21.8 Å². The molecule has 1 aromatic carbocycles. The average molecular weight is 817 g/mol. The van der Waals surface area contributed by atoms with E-state index in [1.165, 1.54) is 0 Å². The molecule has 2 aliphatic rings. The summed E-state index contributed by atoms with van der Waals surface area (Å²) in [6.07, 6.45) is 0. The van der Waals surface area contributed by atoms with Gasteiger partial charge in [0.05, 0.1) is 62.5 Å². The molecule has 4 N–H and O–H groups in total. The van der Waals surface area contributed by atoms with Crippen LogP contribution in [0.15, 0.2) is 0 Å². The first-order chi connectivity index (χ1) is 16.2. The minimum atomic E-state index is -0.796. The molecule has 0 saturated carbocycles. The van der Waals surface area contributed by atoms with Gasteiger partial charge in [-0.15, -0.1) is 0 Å². The normalized spacial score (nSPS) is 25.2. The Bertz CT molecular complexity index is 880. The first-order valence-electron chi connectivity index (χ1n) is 10.5. The zero-order valence-electron chi connectivity index (χ0n) is 18.6. The van der Waals surface area contributed by atoms with Crippen molar-refractivity contribution in [1.29, 1.82) is 0 Å². The summed E-state index contributed by atoms with van der Waals surface area (Å²) in [4.78, 5) is 27.8. The molecule has 0 unspecified atom stereocenters. The number of ether oxygens (including phenoxy) is 6. The maximum atomic E-state index is 14.1. The molecular formula is C20H26I3N3O8. The van der Waals surface area contributed by atoms with Gasteiger partial charge in [0.1, 0.15) is 0 Å². The van der Waals surface area contributed by atoms with Crippen molar-refractivity contribution < 1.29 is 38.0 Å². The second-order valence-corrected chi connectivity index (χ2v) is 10.5. The molecule has 3 rings (SSSR count). The number of nitrogen functional groups attached to an aromatic ring is 1. The van der Waals surface area contributed by atoms with Crippen LogP contribution >= 0.6 is 67.8 Å². The average Bonchev–Trinajstić information content (AvgIpc) is 2.80. The molecule has 190 valence electrons. The zero-order chi connectivity index (χ0) is 25.0. The fourth-order valence-corrected chi connectivity index (χ4v) is 7.74. The van der Waals surface area contributed by atoms with E-state index in [9.17, 15) is 9.59 Å². The third kappa shape index (κ3) is 6.24. The summed E-state index contributed by atoms with van der Waals surface area (Å²) in [5.41, 5.74) is 12.7. The van der Waals surface area contributed by atoms with Crippen molar-refractivity contribution in [3.8, 4) is 0 Å². The summed E-state index contributed by atoms with van der Waals surface area (Å²) < 4.78 is 34.9. The van der Waals surface area contributed by atoms with Crippen LogP contribution in [0.1, 0.15) is 34.6 Å². The molecule has 1 aromatic rings. The molecule has 0 spiro atoms. The number of nitrogens with zero attached hydrogens (tertiary/aromatic N) is 1. The van der Waals surface area contributed by atoms with E-state index >= 15 is 0 Å². The van der Waals surface area contributed by atoms with Crippen molar-refractivity contribution >= 4 is 85.3 Å². The molecule has 2 amide bonds. The Balaban J connectivity index is 1.97. The summed E-state index contributed by atoms with van der Waals surface area (Å²) in [6, 6.07) is -0.927. The lowest BCUT2D eigenvalue weighted by atomic mass is 10.0. The Morgan fingerprint density at radius 2 is 1.26 bits per heavy atom. The number of rotatable bonds is 8. The molecule has 11 nitrogen and oxygen atoms in total. The Kier molecular flexibility index (Phi) is 10.8. The van der Waals surface area contributed by atoms with Gasteiger partial charge in [-0.2, -0.15) is 0 Å². The maximum absolute atomic E-state index is 14.1. The summed E-state index contributed by atoms with van der Waals surface area (Å²) >= 11 is 5.95. The monoisotopic (exact) mass is 817 g/mol. The van der Waals surface area contributed by atoms with Gasteiger partial charge in [-0.25, -0.2) is 0 Å². The molecule has 2 saturated heterocycles. The van der Waals surface area contributed by atoms with Crippen LogP contribution in [0.4, 0.5) is 5.69 Å². The van der Waals surface area contributed by atoms with Crippen molar-refractivity contribution in [2.45, 2.75) is 38.9 Å². The van der Waals surface area contributed by atoms with Gasteiger partial charge >= 0.3 is 0 Å². The van der Waals surface area contributed by atoms with Crippen molar-refractivity contribution in [3.63, 3.8) is 0 Å². The lowest BCUT2D eigenvalue weighted by Gasteiger charge is -2.43. The molecule has 2 heterocycles. The number of halogens is 3. The van der Waals surface area contributed by atoms with E-state index in [0.29, 0.717) is 29.6 Å². The fourth-order valence-electron chi connectivity index (χ4n) is 3.58. The van der Waals surface area contributed by atoms with E-state index < -0.39 is 30.9 Å². The van der Waals surface area contributed by atoms with Crippen LogP contribution in [0.3, 0.4) is 0 Å². The highest BCUT2D eigenvalue weighted by atomic mass is 127. The first-order valence-corrected chi connectivity index (χ1v) is 13.7. The standard InChI is InChI=1S/C20H26I3N3O8/c1-3-29-19-31-5-9(6-32-19)26(10-7-33-20(30-4-2)34-8-10)18(28)12-13(21)11(17(25)27)14(22)16(24)15(12)23/h9-10,19-20H,3-8,24H2,1-2H3,(H2,25,27). The largest absolute Gasteiger partial charge is 0.397 e. The van der Waals surface area contributed by atoms with E-state index in [1.54, 1.807) is 4.90 Å². The van der Waals surface area contributed by atoms with E-state index in [1.807, 2.05) is 81.6 Å². The number of hydrogen-bond acceptors (Lipinski definition) is 9. The second-order valence-electron chi connectivity index (χ2n) is 7.31. The number of primary amides is 1. The molecule has 0 bridgehead atoms. The van der Waals surface area contributed by atoms with Crippen LogP contribution in [0.25, 0.3) is 0 Å². The lowest BCUT2D eigenvalue weighted by molar-refractivity contribution is -0.333. The Morgan fingerprint density at radius 3 is 1.65 bits per heavy atom. The predicted molar refractivity (Wildman–Crippen MR) is 146 cm³/mol. The number of hydrogen-bond donors (Lipinski definition) is 2. The zero-order valence-corrected chi connectivity index (χ0v) is 25.0. The number of carbonyl (C=O) groups is 2. The number of carbonyl (C=O) groups excluding carboxylic acids is 2. The number of nitrogens with two attached hydrogens (primary N) is 2. The molecule has 0 aliphatic carbocycles. The number of amides is 2. The van der Waals surface area contributed by atoms with Gasteiger partial charge in [-0.1, -0.05) is 0 Å². The van der Waals surface area contributed by atoms with Gasteiger partial charge in [0.2, 0.25) is 0 Å². The minimum absolute atomic E-state index is 0.178. The topological polar surface area (TPSA) is 145 Å². The summed E-state index contributed by atoms with van der Waals surface area (Å²) in [7, 11) is 0. The smallest absolute Gasteiger partial charge is 0.271 e. The Labute approximate surface area is 238 Å². The molecule has 14 heteroatoms. The molecule has 0 radical (unpaired) electrons. The Hall–Kier alpha value is -0.0900. The van der Waals surface area contributed by atoms with Crippen LogP contribution < -0.4 is 11.5 Å². The number of benzene rings is 1. The molecule has 2 aliphatic heterocycles. The van der Waals surface area contributed by atoms with Gasteiger partial charge < -0.3 is 44.8 Å². The molecule has 34 heavy (non-hydrogen) atoms. The minimum Gasteiger partial charge on any atom is -0.397 e. The highest BCUT2D eigenvalue weighted by Gasteiger charge is 2.40. The van der Waals surface area contributed by atoms with E-state index in [2.05, 4.69) is 0 Å². The number of anilines is 1. The summed E-state index contributed by atoms with van der Waals surface area (Å²) in [5, 5.41) is 0. The van der Waals surface area contributed by atoms with Gasteiger partial charge in [0.25, 0.3) is 24.8 Å². The van der Waals surface area contributed by atoms with E-state index in [-0.39, 0.29) is 43.5 Å². The fraction of sp³-hybridized carbons (Fsp3) is 0.600.